The molecule has 0 amide bonds. The van der Waals surface area contributed by atoms with Crippen molar-refractivity contribution in [2.24, 2.45) is 5.73 Å². The largest absolute Gasteiger partial charge is 0.417 e. The van der Waals surface area contributed by atoms with Gasteiger partial charge in [0.1, 0.15) is 0 Å². The predicted molar refractivity (Wildman–Crippen MR) is 35.9 cm³/mol. The van der Waals surface area contributed by atoms with Crippen molar-refractivity contribution in [2.75, 3.05) is 13.2 Å². The average Bonchev–Trinajstić information content (AvgIpc) is 1.81. The van der Waals surface area contributed by atoms with Crippen LogP contribution in [0.4, 0.5) is 0 Å². The fourth-order valence-corrected chi connectivity index (χ4v) is 0.916. The molecule has 0 rings (SSSR count). The maximum Gasteiger partial charge on any atom is 0.230 e. The zero-order chi connectivity index (χ0) is 6.24. The Hall–Kier alpha value is 0.137. The van der Waals surface area contributed by atoms with Crippen LogP contribution in [0.5, 0.6) is 0 Å². The summed E-state index contributed by atoms with van der Waals surface area (Å²) >= 11 is 0. The SMILES string of the molecule is CCCO[Si]CCN. The minimum atomic E-state index is 0.614. The van der Waals surface area contributed by atoms with E-state index in [0.29, 0.717) is 9.76 Å². The number of nitrogens with two attached hydrogens (primary N) is 1. The maximum atomic E-state index is 5.24. The van der Waals surface area contributed by atoms with Crippen LogP contribution >= 0.6 is 0 Å². The molecule has 0 aromatic carbocycles. The van der Waals surface area contributed by atoms with Crippen LogP contribution in [-0.2, 0) is 4.43 Å². The number of rotatable bonds is 5. The zero-order valence-electron chi connectivity index (χ0n) is 5.31. The molecule has 48 valence electrons. The molecule has 0 saturated heterocycles. The van der Waals surface area contributed by atoms with E-state index in [9.17, 15) is 0 Å². The second kappa shape index (κ2) is 7.14. The Balaban J connectivity index is 2.53. The summed E-state index contributed by atoms with van der Waals surface area (Å²) in [6.45, 7) is 3.74. The number of hydrogen-bond acceptors (Lipinski definition) is 2. The van der Waals surface area contributed by atoms with Crippen LogP contribution in [0.1, 0.15) is 13.3 Å². The highest BCUT2D eigenvalue weighted by molar-refractivity contribution is 6.27. The molecule has 0 aliphatic heterocycles. The molecule has 0 spiro atoms. The van der Waals surface area contributed by atoms with Gasteiger partial charge in [-0.15, -0.1) is 0 Å². The Morgan fingerprint density at radius 3 is 2.88 bits per heavy atom. The molecule has 0 heterocycles. The van der Waals surface area contributed by atoms with Gasteiger partial charge in [0.25, 0.3) is 0 Å². The second-order valence-corrected chi connectivity index (χ2v) is 2.61. The molecule has 0 atom stereocenters. The van der Waals surface area contributed by atoms with Crippen molar-refractivity contribution in [2.45, 2.75) is 19.4 Å². The van der Waals surface area contributed by atoms with Gasteiger partial charge in [-0.05, 0) is 19.0 Å². The molecule has 8 heavy (non-hydrogen) atoms. The lowest BCUT2D eigenvalue weighted by molar-refractivity contribution is 0.335. The third-order valence-electron chi connectivity index (χ3n) is 0.655. The standard InChI is InChI=1S/C5H13NOSi/c1-2-4-7-8-5-3-6/h2-6H2,1H3. The molecular formula is C5H13NOSi. The highest BCUT2D eigenvalue weighted by Gasteiger charge is 1.85. The molecule has 3 heteroatoms. The highest BCUT2D eigenvalue weighted by atomic mass is 28.2. The first-order valence-electron chi connectivity index (χ1n) is 2.96. The van der Waals surface area contributed by atoms with Gasteiger partial charge in [0, 0.05) is 6.61 Å². The fourth-order valence-electron chi connectivity index (χ4n) is 0.305. The molecule has 0 aliphatic rings. The summed E-state index contributed by atoms with van der Waals surface area (Å²) in [5.74, 6) is 0. The molecule has 0 unspecified atom stereocenters. The molecule has 0 aliphatic carbocycles. The van der Waals surface area contributed by atoms with Gasteiger partial charge in [-0.1, -0.05) is 6.92 Å². The minimum Gasteiger partial charge on any atom is -0.417 e. The van der Waals surface area contributed by atoms with E-state index in [4.69, 9.17) is 10.2 Å². The van der Waals surface area contributed by atoms with Crippen LogP contribution in [0.25, 0.3) is 0 Å². The second-order valence-electron chi connectivity index (χ2n) is 1.53. The van der Waals surface area contributed by atoms with Crippen LogP contribution in [0.15, 0.2) is 0 Å². The fraction of sp³-hybridized carbons (Fsp3) is 1.00. The number of hydrogen-bond donors (Lipinski definition) is 1. The van der Waals surface area contributed by atoms with Crippen LogP contribution in [0.2, 0.25) is 6.04 Å². The van der Waals surface area contributed by atoms with E-state index in [0.717, 1.165) is 25.6 Å². The molecule has 2 N–H and O–H groups in total. The van der Waals surface area contributed by atoms with Gasteiger partial charge in [0.05, 0.1) is 0 Å². The topological polar surface area (TPSA) is 35.2 Å². The van der Waals surface area contributed by atoms with Crippen molar-refractivity contribution in [3.63, 3.8) is 0 Å². The van der Waals surface area contributed by atoms with Gasteiger partial charge >= 0.3 is 0 Å². The Morgan fingerprint density at radius 1 is 1.62 bits per heavy atom. The molecule has 0 aromatic heterocycles. The maximum absolute atomic E-state index is 5.24. The first-order valence-corrected chi connectivity index (χ1v) is 4.08. The summed E-state index contributed by atoms with van der Waals surface area (Å²) in [6.07, 6.45) is 1.11. The van der Waals surface area contributed by atoms with E-state index in [1.165, 1.54) is 0 Å². The Labute approximate surface area is 53.4 Å². The highest BCUT2D eigenvalue weighted by Crippen LogP contribution is 1.79. The van der Waals surface area contributed by atoms with Gasteiger partial charge in [0.2, 0.25) is 9.76 Å². The molecule has 2 nitrogen and oxygen atoms in total. The predicted octanol–water partition coefficient (Wildman–Crippen LogP) is 0.409. The summed E-state index contributed by atoms with van der Waals surface area (Å²) in [5.41, 5.74) is 5.24. The van der Waals surface area contributed by atoms with Gasteiger partial charge < -0.3 is 10.2 Å². The lowest BCUT2D eigenvalue weighted by Crippen LogP contribution is -2.06. The molecule has 0 bridgehead atoms. The normalized spacial score (nSPS) is 9.75. The van der Waals surface area contributed by atoms with Gasteiger partial charge in [-0.25, -0.2) is 0 Å². The summed E-state index contributed by atoms with van der Waals surface area (Å²) in [7, 11) is 0.614. The first-order chi connectivity index (χ1) is 3.91. The monoisotopic (exact) mass is 131 g/mol. The van der Waals surface area contributed by atoms with Gasteiger partial charge in [-0.3, -0.25) is 0 Å². The molecule has 0 fully saturated rings. The smallest absolute Gasteiger partial charge is 0.230 e. The van der Waals surface area contributed by atoms with E-state index < -0.39 is 0 Å². The van der Waals surface area contributed by atoms with Gasteiger partial charge in [0.15, 0.2) is 0 Å². The Bertz CT molecular complexity index is 37.4. The van der Waals surface area contributed by atoms with Crippen LogP contribution in [-0.4, -0.2) is 22.9 Å². The van der Waals surface area contributed by atoms with Gasteiger partial charge in [-0.2, -0.15) is 0 Å². The lowest BCUT2D eigenvalue weighted by Gasteiger charge is -1.95. The van der Waals surface area contributed by atoms with E-state index in [2.05, 4.69) is 6.92 Å². The molecule has 2 radical (unpaired) electrons. The summed E-state index contributed by atoms with van der Waals surface area (Å²) in [6, 6.07) is 1.01. The van der Waals surface area contributed by atoms with Crippen molar-refractivity contribution in [3.05, 3.63) is 0 Å². The Kier molecular flexibility index (Phi) is 7.26. The Morgan fingerprint density at radius 2 is 2.38 bits per heavy atom. The molecular weight excluding hydrogens is 118 g/mol. The summed E-state index contributed by atoms with van der Waals surface area (Å²) < 4.78 is 5.17. The van der Waals surface area contributed by atoms with E-state index in [1.807, 2.05) is 0 Å². The molecule has 0 saturated carbocycles. The van der Waals surface area contributed by atoms with Crippen molar-refractivity contribution in [1.29, 1.82) is 0 Å². The van der Waals surface area contributed by atoms with Crippen LogP contribution in [0.3, 0.4) is 0 Å². The van der Waals surface area contributed by atoms with E-state index in [1.54, 1.807) is 0 Å². The third-order valence-corrected chi connectivity index (χ3v) is 1.56. The minimum absolute atomic E-state index is 0.614. The quantitative estimate of drug-likeness (QED) is 0.433. The van der Waals surface area contributed by atoms with Crippen molar-refractivity contribution in [1.82, 2.24) is 0 Å². The van der Waals surface area contributed by atoms with Crippen LogP contribution in [0, 0.1) is 0 Å². The van der Waals surface area contributed by atoms with Crippen molar-refractivity contribution < 1.29 is 4.43 Å². The molecule has 0 aromatic rings. The van der Waals surface area contributed by atoms with Crippen molar-refractivity contribution >= 4 is 9.76 Å². The first kappa shape index (κ1) is 8.14. The summed E-state index contributed by atoms with van der Waals surface area (Å²) in [5, 5.41) is 0. The third kappa shape index (κ3) is 6.14. The van der Waals surface area contributed by atoms with E-state index in [-0.39, 0.29) is 0 Å². The van der Waals surface area contributed by atoms with Crippen LogP contribution < -0.4 is 5.73 Å². The zero-order valence-corrected chi connectivity index (χ0v) is 6.31. The van der Waals surface area contributed by atoms with E-state index >= 15 is 0 Å². The summed E-state index contributed by atoms with van der Waals surface area (Å²) in [4.78, 5) is 0. The lowest BCUT2D eigenvalue weighted by atomic mass is 10.5. The average molecular weight is 131 g/mol. The van der Waals surface area contributed by atoms with Crippen molar-refractivity contribution in [3.8, 4) is 0 Å².